The fourth-order valence-electron chi connectivity index (χ4n) is 2.23. The van der Waals surface area contributed by atoms with Crippen LogP contribution in [0.1, 0.15) is 12.8 Å². The first-order valence-corrected chi connectivity index (χ1v) is 7.15. The van der Waals surface area contributed by atoms with Crippen LogP contribution in [0.25, 0.3) is 0 Å². The number of carbonyl (C=O) groups excluding carboxylic acids is 1. The first-order chi connectivity index (χ1) is 10.8. The van der Waals surface area contributed by atoms with Gasteiger partial charge in [-0.1, -0.05) is 6.07 Å². The summed E-state index contributed by atoms with van der Waals surface area (Å²) in [6.07, 6.45) is 3.67. The van der Waals surface area contributed by atoms with Crippen molar-refractivity contribution in [2.45, 2.75) is 25.5 Å². The number of hydrogen-bond donors (Lipinski definition) is 1. The molecule has 3 rings (SSSR count). The summed E-state index contributed by atoms with van der Waals surface area (Å²) in [6.45, 7) is 1.40. The summed E-state index contributed by atoms with van der Waals surface area (Å²) in [5.74, 6) is 0.499. The van der Waals surface area contributed by atoms with Gasteiger partial charge >= 0.3 is 0 Å². The van der Waals surface area contributed by atoms with E-state index in [-0.39, 0.29) is 18.6 Å². The van der Waals surface area contributed by atoms with Crippen LogP contribution in [0.15, 0.2) is 30.6 Å². The van der Waals surface area contributed by atoms with Crippen LogP contribution in [0.2, 0.25) is 0 Å². The number of hydrogen-bond acceptors (Lipinski definition) is 6. The number of anilines is 1. The standard InChI is InChI=1S/C14H17N5O3/c20-14(8-19-10-15-17-18-19)16-11-3-1-4-12(7-11)22-9-13-5-2-6-21-13/h1,3-4,7,10,13H,2,5-6,8-9H2,(H,16,20). The van der Waals surface area contributed by atoms with Gasteiger partial charge in [0.1, 0.15) is 25.2 Å². The Kier molecular flexibility index (Phi) is 4.59. The second-order valence-corrected chi connectivity index (χ2v) is 5.03. The van der Waals surface area contributed by atoms with Gasteiger partial charge in [-0.2, -0.15) is 0 Å². The van der Waals surface area contributed by atoms with Crippen LogP contribution >= 0.6 is 0 Å². The topological polar surface area (TPSA) is 91.2 Å². The van der Waals surface area contributed by atoms with Gasteiger partial charge in [0.15, 0.2) is 0 Å². The van der Waals surface area contributed by atoms with E-state index in [2.05, 4.69) is 20.8 Å². The minimum absolute atomic E-state index is 0.0635. The van der Waals surface area contributed by atoms with E-state index in [0.29, 0.717) is 18.0 Å². The fraction of sp³-hybridized carbons (Fsp3) is 0.429. The smallest absolute Gasteiger partial charge is 0.246 e. The highest BCUT2D eigenvalue weighted by atomic mass is 16.5. The number of carbonyl (C=O) groups is 1. The van der Waals surface area contributed by atoms with Gasteiger partial charge in [-0.25, -0.2) is 4.68 Å². The number of aromatic nitrogens is 4. The van der Waals surface area contributed by atoms with Gasteiger partial charge in [-0.15, -0.1) is 5.10 Å². The molecular formula is C14H17N5O3. The Hall–Kier alpha value is -2.48. The Bertz CT molecular complexity index is 611. The van der Waals surface area contributed by atoms with Crippen molar-refractivity contribution in [3.8, 4) is 5.75 Å². The maximum Gasteiger partial charge on any atom is 0.246 e. The van der Waals surface area contributed by atoms with Crippen LogP contribution in [0.5, 0.6) is 5.75 Å². The van der Waals surface area contributed by atoms with Gasteiger partial charge in [0, 0.05) is 18.4 Å². The van der Waals surface area contributed by atoms with Gasteiger partial charge in [0.25, 0.3) is 0 Å². The molecule has 1 atom stereocenters. The normalized spacial score (nSPS) is 17.4. The molecule has 8 heteroatoms. The lowest BCUT2D eigenvalue weighted by Gasteiger charge is -2.12. The van der Waals surface area contributed by atoms with Crippen LogP contribution in [-0.4, -0.2) is 45.4 Å². The molecule has 1 amide bonds. The molecule has 1 aromatic carbocycles. The van der Waals surface area contributed by atoms with E-state index in [1.165, 1.54) is 11.0 Å². The number of benzene rings is 1. The van der Waals surface area contributed by atoms with E-state index < -0.39 is 0 Å². The molecule has 1 fully saturated rings. The average Bonchev–Trinajstić information content (AvgIpc) is 3.18. The lowest BCUT2D eigenvalue weighted by Crippen LogP contribution is -2.19. The molecule has 2 heterocycles. The number of nitrogens with zero attached hydrogens (tertiary/aromatic N) is 4. The van der Waals surface area contributed by atoms with E-state index in [4.69, 9.17) is 9.47 Å². The van der Waals surface area contributed by atoms with Crippen molar-refractivity contribution in [3.05, 3.63) is 30.6 Å². The molecule has 0 aliphatic carbocycles. The molecule has 0 bridgehead atoms. The lowest BCUT2D eigenvalue weighted by molar-refractivity contribution is -0.116. The average molecular weight is 303 g/mol. The zero-order valence-electron chi connectivity index (χ0n) is 12.0. The molecule has 1 unspecified atom stereocenters. The summed E-state index contributed by atoms with van der Waals surface area (Å²) in [4.78, 5) is 11.9. The quantitative estimate of drug-likeness (QED) is 0.851. The van der Waals surface area contributed by atoms with E-state index in [0.717, 1.165) is 19.4 Å². The number of rotatable bonds is 6. The van der Waals surface area contributed by atoms with Gasteiger partial charge in [-0.05, 0) is 35.4 Å². The minimum atomic E-state index is -0.205. The maximum atomic E-state index is 11.9. The Morgan fingerprint density at radius 3 is 3.23 bits per heavy atom. The minimum Gasteiger partial charge on any atom is -0.491 e. The summed E-state index contributed by atoms with van der Waals surface area (Å²) in [6, 6.07) is 7.27. The SMILES string of the molecule is O=C(Cn1cnnn1)Nc1cccc(OCC2CCCO2)c1. The fourth-order valence-corrected chi connectivity index (χ4v) is 2.23. The molecular weight excluding hydrogens is 286 g/mol. The van der Waals surface area contributed by atoms with Crippen molar-refractivity contribution in [1.29, 1.82) is 0 Å². The van der Waals surface area contributed by atoms with E-state index >= 15 is 0 Å². The van der Waals surface area contributed by atoms with Crippen molar-refractivity contribution in [2.75, 3.05) is 18.5 Å². The predicted molar refractivity (Wildman–Crippen MR) is 77.4 cm³/mol. The van der Waals surface area contributed by atoms with Crippen molar-refractivity contribution in [1.82, 2.24) is 20.2 Å². The summed E-state index contributed by atoms with van der Waals surface area (Å²) in [7, 11) is 0. The molecule has 0 saturated carbocycles. The lowest BCUT2D eigenvalue weighted by atomic mass is 10.2. The predicted octanol–water partition coefficient (Wildman–Crippen LogP) is 0.870. The van der Waals surface area contributed by atoms with Crippen LogP contribution in [0.4, 0.5) is 5.69 Å². The van der Waals surface area contributed by atoms with E-state index in [1.807, 2.05) is 12.1 Å². The molecule has 8 nitrogen and oxygen atoms in total. The molecule has 2 aromatic rings. The van der Waals surface area contributed by atoms with Gasteiger partial charge < -0.3 is 14.8 Å². The second-order valence-electron chi connectivity index (χ2n) is 5.03. The molecule has 1 saturated heterocycles. The zero-order valence-corrected chi connectivity index (χ0v) is 12.0. The van der Waals surface area contributed by atoms with Gasteiger partial charge in [0.05, 0.1) is 6.10 Å². The van der Waals surface area contributed by atoms with Crippen LogP contribution in [0.3, 0.4) is 0 Å². The molecule has 1 N–H and O–H groups in total. The highest BCUT2D eigenvalue weighted by Gasteiger charge is 2.16. The largest absolute Gasteiger partial charge is 0.491 e. The first kappa shape index (κ1) is 14.5. The maximum absolute atomic E-state index is 11.9. The first-order valence-electron chi connectivity index (χ1n) is 7.15. The zero-order chi connectivity index (χ0) is 15.2. The Morgan fingerprint density at radius 2 is 2.45 bits per heavy atom. The second kappa shape index (κ2) is 6.99. The van der Waals surface area contributed by atoms with E-state index in [1.54, 1.807) is 12.1 Å². The highest BCUT2D eigenvalue weighted by Crippen LogP contribution is 2.19. The molecule has 0 spiro atoms. The van der Waals surface area contributed by atoms with Crippen molar-refractivity contribution < 1.29 is 14.3 Å². The van der Waals surface area contributed by atoms with Crippen LogP contribution < -0.4 is 10.1 Å². The summed E-state index contributed by atoms with van der Waals surface area (Å²) in [5.41, 5.74) is 0.669. The summed E-state index contributed by atoms with van der Waals surface area (Å²) < 4.78 is 12.6. The third-order valence-corrected chi connectivity index (χ3v) is 3.27. The molecule has 22 heavy (non-hydrogen) atoms. The number of tetrazole rings is 1. The molecule has 1 aliphatic heterocycles. The molecule has 0 radical (unpaired) electrons. The van der Waals surface area contributed by atoms with Crippen molar-refractivity contribution in [2.24, 2.45) is 0 Å². The Morgan fingerprint density at radius 1 is 1.50 bits per heavy atom. The Labute approximate surface area is 127 Å². The van der Waals surface area contributed by atoms with Gasteiger partial charge in [0.2, 0.25) is 5.91 Å². The molecule has 1 aromatic heterocycles. The summed E-state index contributed by atoms with van der Waals surface area (Å²) in [5, 5.41) is 13.4. The van der Waals surface area contributed by atoms with Crippen LogP contribution in [-0.2, 0) is 16.1 Å². The van der Waals surface area contributed by atoms with Crippen molar-refractivity contribution >= 4 is 11.6 Å². The number of ether oxygens (including phenoxy) is 2. The van der Waals surface area contributed by atoms with Gasteiger partial charge in [-0.3, -0.25) is 4.79 Å². The van der Waals surface area contributed by atoms with Crippen molar-refractivity contribution in [3.63, 3.8) is 0 Å². The Balaban J connectivity index is 1.52. The number of nitrogens with one attached hydrogen (secondary N) is 1. The summed E-state index contributed by atoms with van der Waals surface area (Å²) >= 11 is 0. The highest BCUT2D eigenvalue weighted by molar-refractivity contribution is 5.90. The monoisotopic (exact) mass is 303 g/mol. The third kappa shape index (κ3) is 4.01. The number of amides is 1. The molecule has 1 aliphatic rings. The third-order valence-electron chi connectivity index (χ3n) is 3.27. The molecule has 116 valence electrons. The van der Waals surface area contributed by atoms with E-state index in [9.17, 15) is 4.79 Å². The van der Waals surface area contributed by atoms with Crippen LogP contribution in [0, 0.1) is 0 Å².